The fraction of sp³-hybridized carbons (Fsp3) is 0.609. The molecule has 4 N–H and O–H groups in total. The minimum Gasteiger partial charge on any atom is -0.390 e. The fourth-order valence-corrected chi connectivity index (χ4v) is 4.35. The van der Waals surface area contributed by atoms with E-state index in [1.165, 1.54) is 18.1 Å². The average molecular weight is 477 g/mol. The van der Waals surface area contributed by atoms with Crippen molar-refractivity contribution in [3.8, 4) is 11.8 Å². The van der Waals surface area contributed by atoms with Crippen LogP contribution in [0.3, 0.4) is 0 Å². The van der Waals surface area contributed by atoms with Crippen molar-refractivity contribution in [2.75, 3.05) is 31.3 Å². The van der Waals surface area contributed by atoms with Crippen LogP contribution in [0.25, 0.3) is 11.0 Å². The van der Waals surface area contributed by atoms with Crippen LogP contribution in [0.1, 0.15) is 52.0 Å². The number of rotatable bonds is 4. The lowest BCUT2D eigenvalue weighted by atomic mass is 9.99. The molecule has 0 amide bonds. The Kier molecular flexibility index (Phi) is 8.73. The Morgan fingerprint density at radius 1 is 1.39 bits per heavy atom. The van der Waals surface area contributed by atoms with Gasteiger partial charge >= 0.3 is 0 Å². The van der Waals surface area contributed by atoms with Crippen LogP contribution in [0.2, 0.25) is 0 Å². The van der Waals surface area contributed by atoms with Gasteiger partial charge < -0.3 is 25.4 Å². The summed E-state index contributed by atoms with van der Waals surface area (Å²) in [5, 5.41) is 20.5. The number of hydrogen-bond donors (Lipinski definition) is 3. The summed E-state index contributed by atoms with van der Waals surface area (Å²) in [5.41, 5.74) is 7.18. The molecule has 2 aromatic heterocycles. The van der Waals surface area contributed by atoms with Gasteiger partial charge in [0.1, 0.15) is 36.7 Å². The zero-order valence-corrected chi connectivity index (χ0v) is 20.1. The number of aromatic nitrogens is 3. The first-order valence-electron chi connectivity index (χ1n) is 11.0. The van der Waals surface area contributed by atoms with Crippen molar-refractivity contribution in [2.45, 2.75) is 58.5 Å². The topological polar surface area (TPSA) is 133 Å². The van der Waals surface area contributed by atoms with Crippen molar-refractivity contribution in [1.82, 2.24) is 14.5 Å². The van der Waals surface area contributed by atoms with Crippen LogP contribution in [0.4, 0.5) is 5.82 Å². The van der Waals surface area contributed by atoms with Crippen molar-refractivity contribution in [2.24, 2.45) is 5.41 Å². The van der Waals surface area contributed by atoms with Crippen molar-refractivity contribution in [3.05, 3.63) is 18.1 Å². The Morgan fingerprint density at radius 3 is 2.79 bits per heavy atom. The summed E-state index contributed by atoms with van der Waals surface area (Å²) in [6.07, 6.45) is 2.11. The Hall–Kier alpha value is -2.16. The number of carbonyl (C=O) groups excluding carboxylic acids is 1. The van der Waals surface area contributed by atoms with Crippen LogP contribution in [0.5, 0.6) is 0 Å². The first-order chi connectivity index (χ1) is 15.7. The molecule has 2 saturated heterocycles. The van der Waals surface area contributed by atoms with Gasteiger partial charge in [-0.2, -0.15) is 0 Å². The highest BCUT2D eigenvalue weighted by molar-refractivity contribution is 8.14. The molecule has 0 aliphatic carbocycles. The van der Waals surface area contributed by atoms with Gasteiger partial charge in [0.15, 0.2) is 5.12 Å². The van der Waals surface area contributed by atoms with Crippen LogP contribution in [0, 0.1) is 17.3 Å². The molecule has 2 fully saturated rings. The largest absolute Gasteiger partial charge is 0.390 e. The molecule has 180 valence electrons. The minimum atomic E-state index is -0.662. The van der Waals surface area contributed by atoms with Crippen LogP contribution < -0.4 is 5.73 Å². The molecule has 0 spiro atoms. The Labute approximate surface area is 198 Å². The molecule has 0 saturated carbocycles. The third kappa shape index (κ3) is 6.91. The first-order valence-corrected chi connectivity index (χ1v) is 12.0. The normalized spacial score (nSPS) is 22.7. The molecule has 9 nitrogen and oxygen atoms in total. The summed E-state index contributed by atoms with van der Waals surface area (Å²) in [5.74, 6) is 6.93. The number of nitrogen functional groups attached to an aromatic ring is 1. The number of thioether (sulfide) groups is 1. The van der Waals surface area contributed by atoms with Gasteiger partial charge in [0, 0.05) is 18.6 Å². The van der Waals surface area contributed by atoms with Crippen LogP contribution >= 0.6 is 11.8 Å². The number of anilines is 1. The number of nitrogens with two attached hydrogens (primary N) is 1. The fourth-order valence-electron chi connectivity index (χ4n) is 3.55. The number of ether oxygens (including phenoxy) is 2. The van der Waals surface area contributed by atoms with Crippen molar-refractivity contribution in [1.29, 1.82) is 0 Å². The number of aliphatic hydroxyl groups excluding tert-OH is 2. The second-order valence-electron chi connectivity index (χ2n) is 9.19. The van der Waals surface area contributed by atoms with Crippen molar-refractivity contribution in [3.63, 3.8) is 0 Å². The molecule has 3 atom stereocenters. The summed E-state index contributed by atoms with van der Waals surface area (Å²) in [7, 11) is 0. The molecule has 2 aliphatic heterocycles. The highest BCUT2D eigenvalue weighted by Gasteiger charge is 2.37. The summed E-state index contributed by atoms with van der Waals surface area (Å²) < 4.78 is 13.6. The van der Waals surface area contributed by atoms with E-state index in [-0.39, 0.29) is 12.0 Å². The van der Waals surface area contributed by atoms with E-state index >= 15 is 0 Å². The third-order valence-electron chi connectivity index (χ3n) is 5.06. The molecule has 0 radical (unpaired) electrons. The van der Waals surface area contributed by atoms with E-state index in [4.69, 9.17) is 20.3 Å². The van der Waals surface area contributed by atoms with E-state index in [9.17, 15) is 9.90 Å². The van der Waals surface area contributed by atoms with Gasteiger partial charge in [-0.25, -0.2) is 9.97 Å². The molecule has 0 aromatic carbocycles. The van der Waals surface area contributed by atoms with Gasteiger partial charge in [0.2, 0.25) is 0 Å². The van der Waals surface area contributed by atoms with Gasteiger partial charge in [0.25, 0.3) is 0 Å². The Morgan fingerprint density at radius 2 is 2.18 bits per heavy atom. The molecular weight excluding hydrogens is 444 g/mol. The molecule has 2 aliphatic rings. The molecule has 4 heterocycles. The highest BCUT2D eigenvalue weighted by Crippen LogP contribution is 2.34. The number of fused-ring (bicyclic) bond motifs is 1. The number of hydrogen-bond acceptors (Lipinski definition) is 9. The first kappa shape index (κ1) is 25.5. The van der Waals surface area contributed by atoms with E-state index < -0.39 is 18.4 Å². The van der Waals surface area contributed by atoms with Crippen LogP contribution in [-0.2, 0) is 14.3 Å². The maximum absolute atomic E-state index is 10.4. The number of aliphatic hydroxyl groups is 2. The van der Waals surface area contributed by atoms with Gasteiger partial charge in [-0.05, 0) is 23.8 Å². The second kappa shape index (κ2) is 11.3. The van der Waals surface area contributed by atoms with Crippen LogP contribution in [0.15, 0.2) is 12.4 Å². The summed E-state index contributed by atoms with van der Waals surface area (Å²) in [6.45, 7) is 6.88. The van der Waals surface area contributed by atoms with Gasteiger partial charge in [-0.1, -0.05) is 38.5 Å². The molecule has 3 unspecified atom stereocenters. The monoisotopic (exact) mass is 476 g/mol. The van der Waals surface area contributed by atoms with Gasteiger partial charge in [-0.3, -0.25) is 9.36 Å². The predicted octanol–water partition coefficient (Wildman–Crippen LogP) is 2.11. The zero-order valence-electron chi connectivity index (χ0n) is 19.3. The lowest BCUT2D eigenvalue weighted by Crippen LogP contribution is -2.28. The molecular formula is C23H32N4O5S. The maximum atomic E-state index is 10.4. The highest BCUT2D eigenvalue weighted by atomic mass is 32.2. The van der Waals surface area contributed by atoms with Crippen molar-refractivity contribution >= 4 is 33.7 Å². The molecule has 10 heteroatoms. The van der Waals surface area contributed by atoms with E-state index in [2.05, 4.69) is 42.6 Å². The molecule has 0 bridgehead atoms. The average Bonchev–Trinajstić information content (AvgIpc) is 3.45. The van der Waals surface area contributed by atoms with Gasteiger partial charge in [-0.15, -0.1) is 0 Å². The van der Waals surface area contributed by atoms with E-state index in [0.29, 0.717) is 47.3 Å². The van der Waals surface area contributed by atoms with Crippen molar-refractivity contribution < 1.29 is 24.5 Å². The second-order valence-corrected chi connectivity index (χ2v) is 10.3. The smallest absolute Gasteiger partial charge is 0.188 e. The predicted molar refractivity (Wildman–Crippen MR) is 127 cm³/mol. The van der Waals surface area contributed by atoms with E-state index in [1.54, 1.807) is 10.6 Å². The lowest BCUT2D eigenvalue weighted by Gasteiger charge is -2.21. The maximum Gasteiger partial charge on any atom is 0.188 e. The SMILES string of the molecule is CC(C)(C)COCC1OC(n2c(C#CCO)cc3c(N)ncnc32)CC1O.O=C1CCCS1. The standard InChI is InChI=1S/C19H26N4O4.C4H6OS/c1-19(2,3)10-26-9-15-14(25)8-16(27-15)23-12(5-4-6-24)7-13-17(20)21-11-22-18(13)23;5-4-2-1-3-6-4/h7,11,14-16,24-25H,6,8-10H2,1-3H3,(H2,20,21,22);1-3H2. The quantitative estimate of drug-likeness (QED) is 0.567. The number of nitrogens with zero attached hydrogens (tertiary/aromatic N) is 3. The summed E-state index contributed by atoms with van der Waals surface area (Å²) in [4.78, 5) is 18.5. The Balaban J connectivity index is 0.000000442. The molecule has 2 aromatic rings. The molecule has 33 heavy (non-hydrogen) atoms. The van der Waals surface area contributed by atoms with E-state index in [0.717, 1.165) is 18.6 Å². The van der Waals surface area contributed by atoms with Gasteiger partial charge in [0.05, 0.1) is 30.4 Å². The zero-order chi connectivity index (χ0) is 24.0. The molecule has 4 rings (SSSR count). The number of carbonyl (C=O) groups is 1. The van der Waals surface area contributed by atoms with E-state index in [1.807, 2.05) is 0 Å². The Bertz CT molecular complexity index is 1020. The summed E-state index contributed by atoms with van der Waals surface area (Å²) >= 11 is 1.46. The lowest BCUT2D eigenvalue weighted by molar-refractivity contribution is -0.110. The summed E-state index contributed by atoms with van der Waals surface area (Å²) in [6, 6.07) is 1.77. The van der Waals surface area contributed by atoms with Crippen LogP contribution in [-0.4, -0.2) is 67.6 Å². The third-order valence-corrected chi connectivity index (χ3v) is 6.07. The minimum absolute atomic E-state index is 0.0427.